The molecule has 0 amide bonds. The van der Waals surface area contributed by atoms with E-state index < -0.39 is 0 Å². The predicted molar refractivity (Wildman–Crippen MR) is 123 cm³/mol. The van der Waals surface area contributed by atoms with Crippen LogP contribution in [0.5, 0.6) is 5.75 Å². The van der Waals surface area contributed by atoms with Crippen molar-refractivity contribution in [2.45, 2.75) is 58.8 Å². The van der Waals surface area contributed by atoms with Gasteiger partial charge in [-0.25, -0.2) is 0 Å². The first-order chi connectivity index (χ1) is 14.3. The van der Waals surface area contributed by atoms with Gasteiger partial charge in [-0.05, 0) is 61.4 Å². The summed E-state index contributed by atoms with van der Waals surface area (Å²) in [6.07, 6.45) is 10.5. The van der Waals surface area contributed by atoms with Crippen LogP contribution in [0.2, 0.25) is 0 Å². The first-order valence-corrected chi connectivity index (χ1v) is 11.0. The highest BCUT2D eigenvalue weighted by atomic mass is 16.5. The van der Waals surface area contributed by atoms with Gasteiger partial charge < -0.3 is 4.74 Å². The van der Waals surface area contributed by atoms with Crippen LogP contribution in [0.4, 0.5) is 0 Å². The van der Waals surface area contributed by atoms with E-state index in [1.54, 1.807) is 6.20 Å². The molecule has 3 rings (SSSR count). The number of rotatable bonds is 11. The molecule has 0 aliphatic heterocycles. The zero-order valence-corrected chi connectivity index (χ0v) is 17.9. The minimum atomic E-state index is 0.664. The number of benzene rings is 2. The Morgan fingerprint density at radius 3 is 1.83 bits per heavy atom. The van der Waals surface area contributed by atoms with Crippen molar-refractivity contribution in [2.75, 3.05) is 6.61 Å². The second-order valence-corrected chi connectivity index (χ2v) is 7.64. The van der Waals surface area contributed by atoms with E-state index in [1.165, 1.54) is 48.8 Å². The summed E-state index contributed by atoms with van der Waals surface area (Å²) in [5.74, 6) is 0.819. The normalized spacial score (nSPS) is 10.8. The lowest BCUT2D eigenvalue weighted by atomic mass is 10.00. The summed E-state index contributed by atoms with van der Waals surface area (Å²) >= 11 is 0. The van der Waals surface area contributed by atoms with Crippen LogP contribution in [0, 0.1) is 0 Å². The average molecular weight is 388 g/mol. The fraction of sp³-hybridized carbons (Fsp3) is 0.370. The predicted octanol–water partition coefficient (Wildman–Crippen LogP) is 7.06. The fourth-order valence-electron chi connectivity index (χ4n) is 3.56. The van der Waals surface area contributed by atoms with Crippen LogP contribution in [0.15, 0.2) is 66.9 Å². The fourth-order valence-corrected chi connectivity index (χ4v) is 3.56. The van der Waals surface area contributed by atoms with Crippen LogP contribution in [0.1, 0.15) is 56.2 Å². The molecule has 3 aromatic rings. The topological polar surface area (TPSA) is 22.1 Å². The van der Waals surface area contributed by atoms with Gasteiger partial charge in [0.1, 0.15) is 5.75 Å². The monoisotopic (exact) mass is 387 g/mol. The number of hydrogen-bond acceptors (Lipinski definition) is 2. The molecule has 29 heavy (non-hydrogen) atoms. The molecule has 0 N–H and O–H groups in total. The van der Waals surface area contributed by atoms with E-state index >= 15 is 0 Å². The summed E-state index contributed by atoms with van der Waals surface area (Å²) in [7, 11) is 0. The minimum absolute atomic E-state index is 0.664. The van der Waals surface area contributed by atoms with Crippen molar-refractivity contribution < 1.29 is 4.74 Å². The lowest BCUT2D eigenvalue weighted by molar-refractivity contribution is 0.339. The van der Waals surface area contributed by atoms with Gasteiger partial charge in [-0.2, -0.15) is 0 Å². The Morgan fingerprint density at radius 1 is 0.655 bits per heavy atom. The Kier molecular flexibility index (Phi) is 8.30. The van der Waals surface area contributed by atoms with Crippen molar-refractivity contribution >= 4 is 0 Å². The van der Waals surface area contributed by atoms with Crippen LogP contribution in [-0.4, -0.2) is 11.6 Å². The summed E-state index contributed by atoms with van der Waals surface area (Å²) in [6, 6.07) is 22.0. The van der Waals surface area contributed by atoms with E-state index in [9.17, 15) is 0 Å². The molecule has 1 aromatic heterocycles. The van der Waals surface area contributed by atoms with Gasteiger partial charge in [0, 0.05) is 5.56 Å². The zero-order valence-electron chi connectivity index (χ0n) is 17.9. The van der Waals surface area contributed by atoms with Crippen LogP contribution >= 0.6 is 0 Å². The molecule has 0 saturated heterocycles. The zero-order chi connectivity index (χ0) is 20.3. The molecule has 2 nitrogen and oxygen atoms in total. The number of nitrogens with zero attached hydrogens (tertiary/aromatic N) is 1. The number of pyridine rings is 1. The van der Waals surface area contributed by atoms with E-state index in [2.05, 4.69) is 60.4 Å². The van der Waals surface area contributed by atoms with Gasteiger partial charge >= 0.3 is 0 Å². The standard InChI is InChI=1S/C27H33NO/c1-3-5-6-7-8-22-9-11-23(12-10-22)13-14-24-15-17-25(18-16-24)27-20-19-26(21-28-27)29-4-2/h9-12,15-21H,3-8,13-14H2,1-2H3. The number of unbranched alkanes of at least 4 members (excludes halogenated alkanes) is 3. The summed E-state index contributed by atoms with van der Waals surface area (Å²) < 4.78 is 5.46. The van der Waals surface area contributed by atoms with Crippen molar-refractivity contribution in [2.24, 2.45) is 0 Å². The highest BCUT2D eigenvalue weighted by Gasteiger charge is 2.02. The van der Waals surface area contributed by atoms with E-state index in [4.69, 9.17) is 4.74 Å². The smallest absolute Gasteiger partial charge is 0.137 e. The van der Waals surface area contributed by atoms with Gasteiger partial charge in [0.05, 0.1) is 18.5 Å². The second-order valence-electron chi connectivity index (χ2n) is 7.64. The van der Waals surface area contributed by atoms with Crippen molar-refractivity contribution in [1.29, 1.82) is 0 Å². The average Bonchev–Trinajstić information content (AvgIpc) is 2.77. The lowest BCUT2D eigenvalue weighted by Crippen LogP contribution is -1.94. The molecule has 0 aliphatic carbocycles. The quantitative estimate of drug-likeness (QED) is 0.329. The number of hydrogen-bond donors (Lipinski definition) is 0. The third-order valence-electron chi connectivity index (χ3n) is 5.34. The van der Waals surface area contributed by atoms with Gasteiger partial charge in [-0.3, -0.25) is 4.98 Å². The SMILES string of the molecule is CCCCCCc1ccc(CCc2ccc(-c3ccc(OCC)cn3)cc2)cc1. The Hall–Kier alpha value is -2.61. The van der Waals surface area contributed by atoms with Gasteiger partial charge in [0.15, 0.2) is 0 Å². The molecule has 2 heteroatoms. The van der Waals surface area contributed by atoms with Crippen molar-refractivity contribution in [3.63, 3.8) is 0 Å². The van der Waals surface area contributed by atoms with E-state index in [0.717, 1.165) is 29.8 Å². The van der Waals surface area contributed by atoms with Crippen molar-refractivity contribution in [3.05, 3.63) is 83.6 Å². The number of aromatic nitrogens is 1. The molecular formula is C27H33NO. The van der Waals surface area contributed by atoms with Gasteiger partial charge in [-0.15, -0.1) is 0 Å². The van der Waals surface area contributed by atoms with Crippen molar-refractivity contribution in [3.8, 4) is 17.0 Å². The van der Waals surface area contributed by atoms with E-state index in [1.807, 2.05) is 19.1 Å². The Balaban J connectivity index is 1.49. The molecule has 0 spiro atoms. The van der Waals surface area contributed by atoms with Gasteiger partial charge in [0.2, 0.25) is 0 Å². The van der Waals surface area contributed by atoms with E-state index in [0.29, 0.717) is 6.61 Å². The first kappa shape index (κ1) is 21.1. The van der Waals surface area contributed by atoms with E-state index in [-0.39, 0.29) is 0 Å². The third kappa shape index (κ3) is 6.74. The Morgan fingerprint density at radius 2 is 1.28 bits per heavy atom. The lowest BCUT2D eigenvalue weighted by Gasteiger charge is -2.07. The molecule has 1 heterocycles. The molecular weight excluding hydrogens is 354 g/mol. The third-order valence-corrected chi connectivity index (χ3v) is 5.34. The second kappa shape index (κ2) is 11.4. The largest absolute Gasteiger partial charge is 0.492 e. The molecule has 2 aromatic carbocycles. The summed E-state index contributed by atoms with van der Waals surface area (Å²) in [4.78, 5) is 4.51. The number of ether oxygens (including phenoxy) is 1. The molecule has 0 aliphatic rings. The van der Waals surface area contributed by atoms with Gasteiger partial charge in [-0.1, -0.05) is 74.7 Å². The molecule has 0 fully saturated rings. The molecule has 0 saturated carbocycles. The highest BCUT2D eigenvalue weighted by Crippen LogP contribution is 2.21. The molecule has 0 radical (unpaired) electrons. The minimum Gasteiger partial charge on any atom is -0.492 e. The summed E-state index contributed by atoms with van der Waals surface area (Å²) in [6.45, 7) is 4.91. The van der Waals surface area contributed by atoms with Crippen molar-refractivity contribution in [1.82, 2.24) is 4.98 Å². The molecule has 0 bridgehead atoms. The number of aryl methyl sites for hydroxylation is 3. The molecule has 0 atom stereocenters. The summed E-state index contributed by atoms with van der Waals surface area (Å²) in [5, 5.41) is 0. The first-order valence-electron chi connectivity index (χ1n) is 11.0. The maximum atomic E-state index is 5.46. The highest BCUT2D eigenvalue weighted by molar-refractivity contribution is 5.59. The molecule has 152 valence electrons. The van der Waals surface area contributed by atoms with Crippen LogP contribution in [0.3, 0.4) is 0 Å². The Labute approximate surface area is 176 Å². The maximum Gasteiger partial charge on any atom is 0.137 e. The van der Waals surface area contributed by atoms with Gasteiger partial charge in [0.25, 0.3) is 0 Å². The molecule has 0 unspecified atom stereocenters. The van der Waals surface area contributed by atoms with Crippen LogP contribution in [-0.2, 0) is 19.3 Å². The van der Waals surface area contributed by atoms with Crippen LogP contribution in [0.25, 0.3) is 11.3 Å². The maximum absolute atomic E-state index is 5.46. The summed E-state index contributed by atoms with van der Waals surface area (Å²) in [5.41, 5.74) is 6.37. The Bertz CT molecular complexity index is 835. The van der Waals surface area contributed by atoms with Crippen LogP contribution < -0.4 is 4.74 Å².